The van der Waals surface area contributed by atoms with Gasteiger partial charge in [-0.2, -0.15) is 0 Å². The van der Waals surface area contributed by atoms with E-state index >= 15 is 0 Å². The molecule has 1 N–H and O–H groups in total. The van der Waals surface area contributed by atoms with Gasteiger partial charge >= 0.3 is 11.9 Å². The van der Waals surface area contributed by atoms with E-state index in [1.165, 1.54) is 295 Å². The first-order valence-electron chi connectivity index (χ1n) is 30.7. The SMILES string of the molecule is CCCCCCCC/C=C\CCCCCCCCCC(=O)OC(CO)COC(=O)CCCCCCCCCCCCCCCCCCCCCCCCCCCCCCCCCCCCCC. The van der Waals surface area contributed by atoms with E-state index in [0.29, 0.717) is 12.8 Å². The highest BCUT2D eigenvalue weighted by atomic mass is 16.6. The normalized spacial score (nSPS) is 12.1. The number of hydrogen-bond acceptors (Lipinski definition) is 5. The third-order valence-corrected chi connectivity index (χ3v) is 14.3. The molecule has 0 aromatic heterocycles. The van der Waals surface area contributed by atoms with E-state index in [1.807, 2.05) is 0 Å². The van der Waals surface area contributed by atoms with Crippen molar-refractivity contribution in [1.82, 2.24) is 0 Å². The summed E-state index contributed by atoms with van der Waals surface area (Å²) in [6.45, 7) is 4.19. The summed E-state index contributed by atoms with van der Waals surface area (Å²) >= 11 is 0. The average molecular weight is 946 g/mol. The quantitative estimate of drug-likeness (QED) is 0.0374. The first-order valence-corrected chi connectivity index (χ1v) is 30.7. The Labute approximate surface area is 420 Å². The summed E-state index contributed by atoms with van der Waals surface area (Å²) in [6.07, 6.45) is 73.7. The Hall–Kier alpha value is -1.36. The third kappa shape index (κ3) is 57.1. The highest BCUT2D eigenvalue weighted by Crippen LogP contribution is 2.18. The van der Waals surface area contributed by atoms with Gasteiger partial charge in [0.2, 0.25) is 0 Å². The van der Waals surface area contributed by atoms with E-state index in [-0.39, 0.29) is 25.2 Å². The highest BCUT2D eigenvalue weighted by molar-refractivity contribution is 5.70. The van der Waals surface area contributed by atoms with Crippen LogP contribution in [0.4, 0.5) is 0 Å². The van der Waals surface area contributed by atoms with Crippen molar-refractivity contribution in [2.75, 3.05) is 13.2 Å². The maximum atomic E-state index is 12.3. The van der Waals surface area contributed by atoms with Gasteiger partial charge in [-0.05, 0) is 38.5 Å². The molecule has 5 heteroatoms. The van der Waals surface area contributed by atoms with Gasteiger partial charge in [-0.1, -0.05) is 315 Å². The second kappa shape index (κ2) is 59.0. The van der Waals surface area contributed by atoms with Crippen molar-refractivity contribution in [3.63, 3.8) is 0 Å². The van der Waals surface area contributed by atoms with E-state index in [9.17, 15) is 14.7 Å². The Morgan fingerprint density at radius 2 is 0.552 bits per heavy atom. The minimum Gasteiger partial charge on any atom is -0.462 e. The summed E-state index contributed by atoms with van der Waals surface area (Å²) in [4.78, 5) is 24.5. The first kappa shape index (κ1) is 65.6. The molecule has 0 bridgehead atoms. The molecule has 1 unspecified atom stereocenters. The van der Waals surface area contributed by atoms with Crippen LogP contribution in [-0.4, -0.2) is 36.4 Å². The smallest absolute Gasteiger partial charge is 0.306 e. The van der Waals surface area contributed by atoms with Crippen LogP contribution < -0.4 is 0 Å². The number of hydrogen-bond donors (Lipinski definition) is 1. The number of carbonyl (C=O) groups excluding carboxylic acids is 2. The Morgan fingerprint density at radius 1 is 0.328 bits per heavy atom. The van der Waals surface area contributed by atoms with Crippen LogP contribution >= 0.6 is 0 Å². The predicted molar refractivity (Wildman–Crippen MR) is 293 cm³/mol. The Balaban J connectivity index is 3.35. The molecule has 0 aliphatic heterocycles. The number of allylic oxidation sites excluding steroid dienone is 2. The number of aliphatic hydroxyl groups excluding tert-OH is 1. The lowest BCUT2D eigenvalue weighted by atomic mass is 10.0. The van der Waals surface area contributed by atoms with Crippen molar-refractivity contribution in [2.24, 2.45) is 0 Å². The van der Waals surface area contributed by atoms with E-state index in [2.05, 4.69) is 26.0 Å². The Morgan fingerprint density at radius 3 is 0.806 bits per heavy atom. The standard InChI is InChI=1S/C62H120O5/c1-3-5-7-9-11-13-15-17-19-21-22-23-24-25-26-27-28-29-30-31-32-33-34-35-36-37-38-39-41-42-44-46-48-50-52-54-56-61(64)66-59-60(58-63)67-62(65)57-55-53-51-49-47-45-43-40-20-18-16-14-12-10-8-6-4-2/h18,20,60,63H,3-17,19,21-59H2,1-2H3/b20-18-. The summed E-state index contributed by atoms with van der Waals surface area (Å²) in [5.74, 6) is -0.575. The number of rotatable bonds is 58. The maximum absolute atomic E-state index is 12.3. The van der Waals surface area contributed by atoms with Gasteiger partial charge in [0.25, 0.3) is 0 Å². The first-order chi connectivity index (χ1) is 33.1. The topological polar surface area (TPSA) is 72.8 Å². The Kier molecular flexibility index (Phi) is 57.8. The van der Waals surface area contributed by atoms with E-state index in [4.69, 9.17) is 9.47 Å². The average Bonchev–Trinajstić information content (AvgIpc) is 3.33. The van der Waals surface area contributed by atoms with Crippen molar-refractivity contribution in [3.05, 3.63) is 12.2 Å². The Bertz CT molecular complexity index is 979. The molecule has 0 rings (SSSR count). The minimum absolute atomic E-state index is 0.0605. The molecule has 67 heavy (non-hydrogen) atoms. The maximum Gasteiger partial charge on any atom is 0.306 e. The van der Waals surface area contributed by atoms with Gasteiger partial charge in [0.05, 0.1) is 6.61 Å². The lowest BCUT2D eigenvalue weighted by molar-refractivity contribution is -0.161. The number of ether oxygens (including phenoxy) is 2. The number of carbonyl (C=O) groups is 2. The van der Waals surface area contributed by atoms with Gasteiger partial charge in [0.15, 0.2) is 6.10 Å². The van der Waals surface area contributed by atoms with Crippen molar-refractivity contribution in [2.45, 2.75) is 360 Å². The summed E-state index contributed by atoms with van der Waals surface area (Å²) in [7, 11) is 0. The monoisotopic (exact) mass is 945 g/mol. The van der Waals surface area contributed by atoms with Gasteiger partial charge in [0.1, 0.15) is 6.61 Å². The molecule has 0 radical (unpaired) electrons. The van der Waals surface area contributed by atoms with Crippen LogP contribution in [0.1, 0.15) is 354 Å². The van der Waals surface area contributed by atoms with Crippen LogP contribution in [0, 0.1) is 0 Å². The zero-order chi connectivity index (χ0) is 48.5. The van der Waals surface area contributed by atoms with Gasteiger partial charge < -0.3 is 14.6 Å². The molecule has 0 fully saturated rings. The van der Waals surface area contributed by atoms with Crippen molar-refractivity contribution < 1.29 is 24.2 Å². The van der Waals surface area contributed by atoms with Crippen molar-refractivity contribution >= 4 is 11.9 Å². The second-order valence-corrected chi connectivity index (χ2v) is 21.1. The zero-order valence-corrected chi connectivity index (χ0v) is 45.7. The largest absolute Gasteiger partial charge is 0.462 e. The van der Waals surface area contributed by atoms with E-state index in [0.717, 1.165) is 32.1 Å². The molecular formula is C62H120O5. The third-order valence-electron chi connectivity index (χ3n) is 14.3. The van der Waals surface area contributed by atoms with Gasteiger partial charge in [-0.15, -0.1) is 0 Å². The molecule has 0 aliphatic carbocycles. The van der Waals surface area contributed by atoms with Gasteiger partial charge in [0, 0.05) is 12.8 Å². The molecule has 0 aliphatic rings. The molecule has 0 aromatic carbocycles. The molecule has 1 atom stereocenters. The van der Waals surface area contributed by atoms with Crippen molar-refractivity contribution in [1.29, 1.82) is 0 Å². The molecule has 0 spiro atoms. The summed E-state index contributed by atoms with van der Waals surface area (Å²) < 4.78 is 10.7. The van der Waals surface area contributed by atoms with E-state index in [1.54, 1.807) is 0 Å². The molecular weight excluding hydrogens is 825 g/mol. The molecule has 398 valence electrons. The zero-order valence-electron chi connectivity index (χ0n) is 45.7. The lowest BCUT2D eigenvalue weighted by Gasteiger charge is -2.15. The fraction of sp³-hybridized carbons (Fsp3) is 0.935. The van der Waals surface area contributed by atoms with Crippen LogP contribution in [0.25, 0.3) is 0 Å². The summed E-state index contributed by atoms with van der Waals surface area (Å²) in [5.41, 5.74) is 0. The van der Waals surface area contributed by atoms with Gasteiger partial charge in [-0.25, -0.2) is 0 Å². The van der Waals surface area contributed by atoms with E-state index < -0.39 is 6.10 Å². The molecule has 0 saturated carbocycles. The lowest BCUT2D eigenvalue weighted by Crippen LogP contribution is -2.28. The number of esters is 2. The molecule has 0 aromatic rings. The second-order valence-electron chi connectivity index (χ2n) is 21.1. The fourth-order valence-electron chi connectivity index (χ4n) is 9.67. The number of unbranched alkanes of at least 4 members (excludes halogenated alkanes) is 48. The molecule has 0 heterocycles. The molecule has 5 nitrogen and oxygen atoms in total. The predicted octanol–water partition coefficient (Wildman–Crippen LogP) is 20.7. The number of aliphatic hydroxyl groups is 1. The van der Waals surface area contributed by atoms with Crippen LogP contribution in [-0.2, 0) is 19.1 Å². The summed E-state index contributed by atoms with van der Waals surface area (Å²) in [6, 6.07) is 0. The molecule has 0 amide bonds. The minimum atomic E-state index is -0.769. The van der Waals surface area contributed by atoms with Crippen LogP contribution in [0.5, 0.6) is 0 Å². The molecule has 0 saturated heterocycles. The summed E-state index contributed by atoms with van der Waals surface area (Å²) in [5, 5.41) is 9.64. The van der Waals surface area contributed by atoms with Crippen molar-refractivity contribution in [3.8, 4) is 0 Å². The van der Waals surface area contributed by atoms with Gasteiger partial charge in [-0.3, -0.25) is 9.59 Å². The van der Waals surface area contributed by atoms with Crippen LogP contribution in [0.15, 0.2) is 12.2 Å². The van der Waals surface area contributed by atoms with Crippen LogP contribution in [0.3, 0.4) is 0 Å². The van der Waals surface area contributed by atoms with Crippen LogP contribution in [0.2, 0.25) is 0 Å². The fourth-order valence-corrected chi connectivity index (χ4v) is 9.67. The highest BCUT2D eigenvalue weighted by Gasteiger charge is 2.16.